The van der Waals surface area contributed by atoms with Crippen LogP contribution in [0.5, 0.6) is 0 Å². The van der Waals surface area contributed by atoms with Gasteiger partial charge in [0.2, 0.25) is 10.0 Å². The third kappa shape index (κ3) is 5.20. The Hall–Kier alpha value is -1.09. The maximum absolute atomic E-state index is 12.7. The van der Waals surface area contributed by atoms with Gasteiger partial charge in [-0.3, -0.25) is 0 Å². The van der Waals surface area contributed by atoms with Crippen LogP contribution in [-0.4, -0.2) is 28.1 Å². The molecule has 0 bridgehead atoms. The molecule has 130 valence electrons. The number of alkyl halides is 3. The summed E-state index contributed by atoms with van der Waals surface area (Å²) in [5, 5.41) is 3.10. The van der Waals surface area contributed by atoms with E-state index in [1.807, 2.05) is 6.08 Å². The highest BCUT2D eigenvalue weighted by molar-refractivity contribution is 7.89. The fourth-order valence-corrected chi connectivity index (χ4v) is 3.47. The van der Waals surface area contributed by atoms with Crippen LogP contribution in [0.25, 0.3) is 0 Å². The standard InChI is InChI=1S/C14H17F3N2O2S.ClH/c1-10-2-3-12(14(15,16)17)8-13(10)22(20,21)19-9-11-4-6-18-7-5-11;/h2-4,8,18-19H,5-7,9H2,1H3;1H. The third-order valence-corrected chi connectivity index (χ3v) is 5.00. The van der Waals surface area contributed by atoms with Crippen molar-refractivity contribution in [2.45, 2.75) is 24.4 Å². The highest BCUT2D eigenvalue weighted by atomic mass is 35.5. The van der Waals surface area contributed by atoms with Gasteiger partial charge in [-0.15, -0.1) is 12.4 Å². The van der Waals surface area contributed by atoms with E-state index >= 15 is 0 Å². The van der Waals surface area contributed by atoms with Crippen molar-refractivity contribution in [1.29, 1.82) is 0 Å². The van der Waals surface area contributed by atoms with Crippen LogP contribution in [0.15, 0.2) is 34.7 Å². The number of halogens is 4. The molecule has 0 saturated carbocycles. The molecule has 0 aromatic heterocycles. The molecular formula is C14H18ClF3N2O2S. The van der Waals surface area contributed by atoms with Gasteiger partial charge in [0.25, 0.3) is 0 Å². The average molecular weight is 371 g/mol. The van der Waals surface area contributed by atoms with Crippen LogP contribution in [0.4, 0.5) is 13.2 Å². The highest BCUT2D eigenvalue weighted by Gasteiger charge is 2.32. The van der Waals surface area contributed by atoms with Crippen molar-refractivity contribution in [3.8, 4) is 0 Å². The smallest absolute Gasteiger partial charge is 0.313 e. The molecule has 2 N–H and O–H groups in total. The van der Waals surface area contributed by atoms with E-state index in [-0.39, 0.29) is 29.4 Å². The molecule has 1 aromatic rings. The molecule has 0 amide bonds. The van der Waals surface area contributed by atoms with Gasteiger partial charge in [-0.2, -0.15) is 13.2 Å². The summed E-state index contributed by atoms with van der Waals surface area (Å²) in [6.07, 6.45) is -1.98. The molecule has 0 fully saturated rings. The van der Waals surface area contributed by atoms with E-state index in [4.69, 9.17) is 0 Å². The minimum absolute atomic E-state index is 0. The molecule has 1 aliphatic heterocycles. The van der Waals surface area contributed by atoms with Crippen LogP contribution in [0.3, 0.4) is 0 Å². The van der Waals surface area contributed by atoms with Crippen molar-refractivity contribution < 1.29 is 21.6 Å². The first-order valence-electron chi connectivity index (χ1n) is 6.76. The van der Waals surface area contributed by atoms with Crippen LogP contribution >= 0.6 is 12.4 Å². The summed E-state index contributed by atoms with van der Waals surface area (Å²) in [5.74, 6) is 0. The fourth-order valence-electron chi connectivity index (χ4n) is 2.16. The SMILES string of the molecule is Cc1ccc(C(F)(F)F)cc1S(=O)(=O)NCC1=CCNCC1.Cl. The number of nitrogens with one attached hydrogen (secondary N) is 2. The van der Waals surface area contributed by atoms with Gasteiger partial charge in [0.05, 0.1) is 10.5 Å². The zero-order chi connectivity index (χ0) is 16.4. The van der Waals surface area contributed by atoms with Crippen molar-refractivity contribution in [2.75, 3.05) is 19.6 Å². The van der Waals surface area contributed by atoms with E-state index in [9.17, 15) is 21.6 Å². The van der Waals surface area contributed by atoms with Gasteiger partial charge in [0, 0.05) is 13.1 Å². The molecule has 1 aromatic carbocycles. The Kier molecular flexibility index (Phi) is 6.64. The van der Waals surface area contributed by atoms with Crippen LogP contribution in [0, 0.1) is 6.92 Å². The van der Waals surface area contributed by atoms with Gasteiger partial charge in [0.1, 0.15) is 0 Å². The maximum atomic E-state index is 12.7. The lowest BCUT2D eigenvalue weighted by molar-refractivity contribution is -0.137. The number of sulfonamides is 1. The van der Waals surface area contributed by atoms with E-state index in [1.165, 1.54) is 13.0 Å². The number of benzene rings is 1. The Labute approximate surface area is 139 Å². The van der Waals surface area contributed by atoms with Crippen molar-refractivity contribution in [2.24, 2.45) is 0 Å². The Balaban J connectivity index is 0.00000264. The van der Waals surface area contributed by atoms with Crippen molar-refractivity contribution in [1.82, 2.24) is 10.0 Å². The van der Waals surface area contributed by atoms with E-state index < -0.39 is 21.8 Å². The van der Waals surface area contributed by atoms with Crippen molar-refractivity contribution >= 4 is 22.4 Å². The van der Waals surface area contributed by atoms with Crippen LogP contribution in [-0.2, 0) is 16.2 Å². The number of hydrogen-bond donors (Lipinski definition) is 2. The van der Waals surface area contributed by atoms with Crippen LogP contribution in [0.2, 0.25) is 0 Å². The summed E-state index contributed by atoms with van der Waals surface area (Å²) in [4.78, 5) is -0.336. The zero-order valence-electron chi connectivity index (χ0n) is 12.4. The quantitative estimate of drug-likeness (QED) is 0.801. The van der Waals surface area contributed by atoms with Gasteiger partial charge in [-0.05, 0) is 37.6 Å². The van der Waals surface area contributed by atoms with Gasteiger partial charge in [-0.1, -0.05) is 17.7 Å². The molecule has 4 nitrogen and oxygen atoms in total. The normalized spacial score (nSPS) is 15.7. The largest absolute Gasteiger partial charge is 0.416 e. The maximum Gasteiger partial charge on any atom is 0.416 e. The summed E-state index contributed by atoms with van der Waals surface area (Å²) in [5.41, 5.74) is 0.228. The topological polar surface area (TPSA) is 58.2 Å². The summed E-state index contributed by atoms with van der Waals surface area (Å²) in [6, 6.07) is 2.72. The first kappa shape index (κ1) is 20.0. The molecule has 0 radical (unpaired) electrons. The monoisotopic (exact) mass is 370 g/mol. The predicted octanol–water partition coefficient (Wildman–Crippen LogP) is 2.63. The van der Waals surface area contributed by atoms with Crippen molar-refractivity contribution in [3.05, 3.63) is 41.0 Å². The second-order valence-corrected chi connectivity index (χ2v) is 6.85. The summed E-state index contributed by atoms with van der Waals surface area (Å²) in [7, 11) is -3.98. The van der Waals surface area contributed by atoms with Crippen LogP contribution < -0.4 is 10.0 Å². The van der Waals surface area contributed by atoms with E-state index in [0.29, 0.717) is 19.0 Å². The molecule has 0 unspecified atom stereocenters. The molecule has 0 atom stereocenters. The Morgan fingerprint density at radius 1 is 1.30 bits per heavy atom. The minimum Gasteiger partial charge on any atom is -0.313 e. The molecule has 1 aliphatic rings. The lowest BCUT2D eigenvalue weighted by atomic mass is 10.1. The number of hydrogen-bond acceptors (Lipinski definition) is 3. The summed E-state index contributed by atoms with van der Waals surface area (Å²) < 4.78 is 65.1. The molecule has 9 heteroatoms. The van der Waals surface area contributed by atoms with Gasteiger partial charge in [-0.25, -0.2) is 13.1 Å². The highest BCUT2D eigenvalue weighted by Crippen LogP contribution is 2.31. The van der Waals surface area contributed by atoms with E-state index in [0.717, 1.165) is 18.2 Å². The Morgan fingerprint density at radius 3 is 2.57 bits per heavy atom. The number of aryl methyl sites for hydroxylation is 1. The number of rotatable bonds is 4. The Morgan fingerprint density at radius 2 is 2.00 bits per heavy atom. The minimum atomic E-state index is -4.57. The van der Waals surface area contributed by atoms with E-state index in [2.05, 4.69) is 10.0 Å². The second-order valence-electron chi connectivity index (χ2n) is 5.12. The van der Waals surface area contributed by atoms with Gasteiger partial charge in [0.15, 0.2) is 0 Å². The fraction of sp³-hybridized carbons (Fsp3) is 0.429. The first-order valence-corrected chi connectivity index (χ1v) is 8.24. The lowest BCUT2D eigenvalue weighted by Crippen LogP contribution is -2.30. The van der Waals surface area contributed by atoms with Gasteiger partial charge < -0.3 is 5.32 Å². The molecule has 0 aliphatic carbocycles. The second kappa shape index (κ2) is 7.65. The molecular weight excluding hydrogens is 353 g/mol. The van der Waals surface area contributed by atoms with Crippen molar-refractivity contribution in [3.63, 3.8) is 0 Å². The summed E-state index contributed by atoms with van der Waals surface area (Å²) >= 11 is 0. The predicted molar refractivity (Wildman–Crippen MR) is 84.2 cm³/mol. The molecule has 0 saturated heterocycles. The first-order chi connectivity index (χ1) is 10.2. The molecule has 0 spiro atoms. The average Bonchev–Trinajstić information content (AvgIpc) is 2.45. The lowest BCUT2D eigenvalue weighted by Gasteiger charge is -2.16. The zero-order valence-corrected chi connectivity index (χ0v) is 14.0. The third-order valence-electron chi connectivity index (χ3n) is 3.45. The summed E-state index contributed by atoms with van der Waals surface area (Å²) in [6.45, 7) is 3.01. The van der Waals surface area contributed by atoms with Crippen LogP contribution in [0.1, 0.15) is 17.5 Å². The molecule has 23 heavy (non-hydrogen) atoms. The van der Waals surface area contributed by atoms with Gasteiger partial charge >= 0.3 is 6.18 Å². The molecule has 2 rings (SSSR count). The Bertz CT molecular complexity index is 688. The molecule has 1 heterocycles. The van der Waals surface area contributed by atoms with E-state index in [1.54, 1.807) is 0 Å².